The normalized spacial score (nSPS) is 15.0. The molecule has 0 saturated heterocycles. The van der Waals surface area contributed by atoms with Gasteiger partial charge in [-0.05, 0) is 18.9 Å². The number of anilines is 1. The van der Waals surface area contributed by atoms with E-state index in [1.54, 1.807) is 18.2 Å². The van der Waals surface area contributed by atoms with Crippen LogP contribution in [-0.2, 0) is 5.54 Å². The Hall–Kier alpha value is -3.17. The van der Waals surface area contributed by atoms with Crippen LogP contribution in [0.2, 0.25) is 0 Å². The van der Waals surface area contributed by atoms with Crippen LogP contribution in [-0.4, -0.2) is 27.3 Å². The van der Waals surface area contributed by atoms with Gasteiger partial charge in [0.05, 0.1) is 18.2 Å². The van der Waals surface area contributed by atoms with E-state index in [-0.39, 0.29) is 17.6 Å². The molecular formula is C17H14F3N5O2. The van der Waals surface area contributed by atoms with E-state index in [0.717, 1.165) is 0 Å². The van der Waals surface area contributed by atoms with Gasteiger partial charge in [-0.2, -0.15) is 8.78 Å². The van der Waals surface area contributed by atoms with Gasteiger partial charge in [0.2, 0.25) is 5.95 Å². The average molecular weight is 377 g/mol. The predicted molar refractivity (Wildman–Crippen MR) is 87.8 cm³/mol. The zero-order chi connectivity index (χ0) is 19.0. The van der Waals surface area contributed by atoms with Crippen molar-refractivity contribution in [3.63, 3.8) is 0 Å². The van der Waals surface area contributed by atoms with Crippen molar-refractivity contribution >= 4 is 5.95 Å². The van der Waals surface area contributed by atoms with Gasteiger partial charge in [0.15, 0.2) is 11.6 Å². The smallest absolute Gasteiger partial charge is 0.314 e. The molecule has 1 aliphatic carbocycles. The third-order valence-corrected chi connectivity index (χ3v) is 4.33. The number of ether oxygens (including phenoxy) is 1. The van der Waals surface area contributed by atoms with Crippen LogP contribution in [0, 0.1) is 5.82 Å². The molecule has 7 nitrogen and oxygen atoms in total. The maximum absolute atomic E-state index is 14.6. The summed E-state index contributed by atoms with van der Waals surface area (Å²) in [6.07, 6.45) is 1.32. The van der Waals surface area contributed by atoms with E-state index in [0.29, 0.717) is 24.0 Å². The van der Waals surface area contributed by atoms with E-state index < -0.39 is 23.7 Å². The van der Waals surface area contributed by atoms with E-state index >= 15 is 0 Å². The van der Waals surface area contributed by atoms with Crippen LogP contribution in [0.3, 0.4) is 0 Å². The minimum absolute atomic E-state index is 0.100. The second-order valence-electron chi connectivity index (χ2n) is 6.07. The lowest BCUT2D eigenvalue weighted by Crippen LogP contribution is -2.22. The van der Waals surface area contributed by atoms with E-state index in [1.807, 2.05) is 0 Å². The minimum atomic E-state index is -2.85. The van der Waals surface area contributed by atoms with Gasteiger partial charge in [0.25, 0.3) is 11.8 Å². The fourth-order valence-electron chi connectivity index (χ4n) is 2.78. The molecule has 27 heavy (non-hydrogen) atoms. The Bertz CT molecular complexity index is 957. The third kappa shape index (κ3) is 3.18. The van der Waals surface area contributed by atoms with Crippen LogP contribution in [0.4, 0.5) is 19.1 Å². The maximum atomic E-state index is 14.6. The summed E-state index contributed by atoms with van der Waals surface area (Å²) in [5, 5.41) is 9.94. The second-order valence-corrected chi connectivity index (χ2v) is 6.07. The lowest BCUT2D eigenvalue weighted by atomic mass is 10.0. The summed E-state index contributed by atoms with van der Waals surface area (Å²) in [5.41, 5.74) is 0.179. The Balaban J connectivity index is 1.55. The molecule has 0 spiro atoms. The SMILES string of the molecule is COc1cccc(C2(Nc3ncc(-c4nnc(C(F)F)o4)cn3)CC2)c1F. The molecule has 1 saturated carbocycles. The average Bonchev–Trinajstić information content (AvgIpc) is 3.26. The molecule has 0 radical (unpaired) electrons. The number of methoxy groups -OCH3 is 1. The molecule has 1 aromatic carbocycles. The second kappa shape index (κ2) is 6.53. The topological polar surface area (TPSA) is 86.0 Å². The lowest BCUT2D eigenvalue weighted by molar-refractivity contribution is 0.116. The van der Waals surface area contributed by atoms with Crippen LogP contribution in [0.5, 0.6) is 5.75 Å². The third-order valence-electron chi connectivity index (χ3n) is 4.33. The molecule has 1 fully saturated rings. The van der Waals surface area contributed by atoms with E-state index in [4.69, 9.17) is 9.15 Å². The van der Waals surface area contributed by atoms with E-state index in [9.17, 15) is 13.2 Å². The Morgan fingerprint density at radius 2 is 1.93 bits per heavy atom. The van der Waals surface area contributed by atoms with Crippen molar-refractivity contribution in [2.75, 3.05) is 12.4 Å². The molecule has 2 aromatic heterocycles. The van der Waals surface area contributed by atoms with Gasteiger partial charge in [0, 0.05) is 18.0 Å². The number of halogens is 3. The van der Waals surface area contributed by atoms with Crippen molar-refractivity contribution in [3.8, 4) is 17.2 Å². The summed E-state index contributed by atoms with van der Waals surface area (Å²) in [6.45, 7) is 0. The molecule has 10 heteroatoms. The van der Waals surface area contributed by atoms with Crippen molar-refractivity contribution in [2.45, 2.75) is 24.8 Å². The highest BCUT2D eigenvalue weighted by molar-refractivity contribution is 5.52. The molecule has 0 unspecified atom stereocenters. The summed E-state index contributed by atoms with van der Waals surface area (Å²) in [4.78, 5) is 8.28. The Morgan fingerprint density at radius 1 is 1.19 bits per heavy atom. The Morgan fingerprint density at radius 3 is 2.52 bits per heavy atom. The van der Waals surface area contributed by atoms with Crippen molar-refractivity contribution in [1.29, 1.82) is 0 Å². The highest BCUT2D eigenvalue weighted by Crippen LogP contribution is 2.49. The lowest BCUT2D eigenvalue weighted by Gasteiger charge is -2.19. The van der Waals surface area contributed by atoms with Crippen molar-refractivity contribution in [2.24, 2.45) is 0 Å². The van der Waals surface area contributed by atoms with Crippen LogP contribution >= 0.6 is 0 Å². The molecule has 4 rings (SSSR count). The van der Waals surface area contributed by atoms with Gasteiger partial charge in [-0.25, -0.2) is 14.4 Å². The number of nitrogens with one attached hydrogen (secondary N) is 1. The van der Waals surface area contributed by atoms with Crippen molar-refractivity contribution < 1.29 is 22.3 Å². The Kier molecular flexibility index (Phi) is 4.17. The molecule has 0 atom stereocenters. The first-order valence-electron chi connectivity index (χ1n) is 8.07. The first-order valence-corrected chi connectivity index (χ1v) is 8.07. The minimum Gasteiger partial charge on any atom is -0.494 e. The number of hydrogen-bond donors (Lipinski definition) is 1. The molecule has 0 amide bonds. The summed E-state index contributed by atoms with van der Waals surface area (Å²) in [7, 11) is 1.41. The van der Waals surface area contributed by atoms with E-state index in [2.05, 4.69) is 25.5 Å². The molecule has 1 N–H and O–H groups in total. The van der Waals surface area contributed by atoms with Crippen LogP contribution < -0.4 is 10.1 Å². The number of hydrogen-bond acceptors (Lipinski definition) is 7. The van der Waals surface area contributed by atoms with Gasteiger partial charge in [0.1, 0.15) is 0 Å². The first kappa shape index (κ1) is 17.3. The van der Waals surface area contributed by atoms with E-state index in [1.165, 1.54) is 19.5 Å². The van der Waals surface area contributed by atoms with Gasteiger partial charge in [-0.3, -0.25) is 0 Å². The monoisotopic (exact) mass is 377 g/mol. The van der Waals surface area contributed by atoms with Gasteiger partial charge < -0.3 is 14.5 Å². The number of rotatable bonds is 6. The molecule has 140 valence electrons. The van der Waals surface area contributed by atoms with Crippen LogP contribution in [0.25, 0.3) is 11.5 Å². The Labute approximate surface area is 151 Å². The van der Waals surface area contributed by atoms with Gasteiger partial charge in [-0.1, -0.05) is 12.1 Å². The molecule has 1 aliphatic rings. The fourth-order valence-corrected chi connectivity index (χ4v) is 2.78. The molecule has 0 bridgehead atoms. The quantitative estimate of drug-likeness (QED) is 0.701. The summed E-state index contributed by atoms with van der Waals surface area (Å²) in [6, 6.07) is 4.97. The number of alkyl halides is 2. The largest absolute Gasteiger partial charge is 0.494 e. The summed E-state index contributed by atoms with van der Waals surface area (Å²) < 4.78 is 49.5. The maximum Gasteiger partial charge on any atom is 0.314 e. The number of aromatic nitrogens is 4. The van der Waals surface area contributed by atoms with Gasteiger partial charge in [-0.15, -0.1) is 10.2 Å². The first-order chi connectivity index (χ1) is 13.0. The molecule has 3 aromatic rings. The van der Waals surface area contributed by atoms with Crippen molar-refractivity contribution in [3.05, 3.63) is 47.9 Å². The predicted octanol–water partition coefficient (Wildman–Crippen LogP) is 3.71. The summed E-state index contributed by atoms with van der Waals surface area (Å²) >= 11 is 0. The number of benzene rings is 1. The van der Waals surface area contributed by atoms with Crippen LogP contribution in [0.1, 0.15) is 30.7 Å². The highest BCUT2D eigenvalue weighted by Gasteiger charge is 2.47. The molecule has 2 heterocycles. The standard InChI is InChI=1S/C17H14F3N5O2/c1-26-11-4-2-3-10(12(11)18)17(5-6-17)23-16-21-7-9(8-22-16)14-24-25-15(27-14)13(19)20/h2-4,7-8,13H,5-6H2,1H3,(H,21,22,23). The highest BCUT2D eigenvalue weighted by atomic mass is 19.3. The zero-order valence-electron chi connectivity index (χ0n) is 14.1. The zero-order valence-corrected chi connectivity index (χ0v) is 14.1. The van der Waals surface area contributed by atoms with Crippen molar-refractivity contribution in [1.82, 2.24) is 20.2 Å². The fraction of sp³-hybridized carbons (Fsp3) is 0.294. The summed E-state index contributed by atoms with van der Waals surface area (Å²) in [5.74, 6) is -0.850. The molecule has 0 aliphatic heterocycles. The van der Waals surface area contributed by atoms with Crippen LogP contribution in [0.15, 0.2) is 35.0 Å². The number of nitrogens with zero attached hydrogens (tertiary/aromatic N) is 4. The molecular weight excluding hydrogens is 363 g/mol. The van der Waals surface area contributed by atoms with Gasteiger partial charge >= 0.3 is 6.43 Å².